The lowest BCUT2D eigenvalue weighted by molar-refractivity contribution is -0.137. The van der Waals surface area contributed by atoms with E-state index in [4.69, 9.17) is 4.74 Å². The molecule has 18 heavy (non-hydrogen) atoms. The van der Waals surface area contributed by atoms with Gasteiger partial charge < -0.3 is 9.84 Å². The third-order valence-electron chi connectivity index (χ3n) is 3.69. The zero-order valence-electron chi connectivity index (χ0n) is 11.0. The van der Waals surface area contributed by atoms with Crippen LogP contribution in [-0.4, -0.2) is 23.3 Å². The molecule has 1 heterocycles. The fraction of sp³-hybridized carbons (Fsp3) is 0.533. The number of hydrogen-bond acceptors (Lipinski definition) is 3. The standard InChI is InChI=1S/C15H20O3/c1-9-5-4-6-10(2)8-13-14(12(16)7-9)11(3)15(17)18-13/h5,8,12-14,16H,3-4,6-7H2,1-2H3/b9-5-,10-8+/t12-,13-,14-/m1/s1. The molecule has 0 aromatic carbocycles. The lowest BCUT2D eigenvalue weighted by Gasteiger charge is -2.23. The Morgan fingerprint density at radius 3 is 2.83 bits per heavy atom. The zero-order valence-corrected chi connectivity index (χ0v) is 11.0. The molecule has 0 aromatic rings. The molecule has 2 rings (SSSR count). The zero-order chi connectivity index (χ0) is 13.3. The largest absolute Gasteiger partial charge is 0.454 e. The van der Waals surface area contributed by atoms with Crippen LogP contribution in [0.1, 0.15) is 33.1 Å². The Kier molecular flexibility index (Phi) is 3.71. The molecule has 3 nitrogen and oxygen atoms in total. The molecular formula is C15H20O3. The van der Waals surface area contributed by atoms with Crippen LogP contribution in [0.25, 0.3) is 0 Å². The highest BCUT2D eigenvalue weighted by Gasteiger charge is 2.41. The number of aliphatic hydroxyl groups is 1. The van der Waals surface area contributed by atoms with Gasteiger partial charge in [0.15, 0.2) is 0 Å². The van der Waals surface area contributed by atoms with Crippen molar-refractivity contribution in [1.29, 1.82) is 0 Å². The van der Waals surface area contributed by atoms with Crippen LogP contribution in [0.4, 0.5) is 0 Å². The quantitative estimate of drug-likeness (QED) is 0.407. The maximum absolute atomic E-state index is 11.6. The van der Waals surface area contributed by atoms with Crippen molar-refractivity contribution in [3.8, 4) is 0 Å². The van der Waals surface area contributed by atoms with E-state index in [1.54, 1.807) is 0 Å². The van der Waals surface area contributed by atoms with Crippen LogP contribution in [0.15, 0.2) is 35.5 Å². The monoisotopic (exact) mass is 248 g/mol. The molecule has 0 spiro atoms. The number of fused-ring (bicyclic) bond motifs is 1. The van der Waals surface area contributed by atoms with Gasteiger partial charge in [-0.05, 0) is 39.2 Å². The molecule has 0 saturated carbocycles. The average Bonchev–Trinajstić information content (AvgIpc) is 2.53. The van der Waals surface area contributed by atoms with E-state index in [9.17, 15) is 9.90 Å². The van der Waals surface area contributed by atoms with E-state index in [1.165, 1.54) is 5.57 Å². The molecule has 3 atom stereocenters. The van der Waals surface area contributed by atoms with Crippen LogP contribution in [0, 0.1) is 5.92 Å². The fourth-order valence-electron chi connectivity index (χ4n) is 2.65. The van der Waals surface area contributed by atoms with E-state index in [1.807, 2.05) is 19.9 Å². The first-order valence-corrected chi connectivity index (χ1v) is 6.40. The summed E-state index contributed by atoms with van der Waals surface area (Å²) in [7, 11) is 0. The Hall–Kier alpha value is -1.35. The molecule has 1 fully saturated rings. The maximum atomic E-state index is 11.6. The summed E-state index contributed by atoms with van der Waals surface area (Å²) in [5, 5.41) is 10.3. The van der Waals surface area contributed by atoms with Crippen LogP contribution < -0.4 is 0 Å². The van der Waals surface area contributed by atoms with Gasteiger partial charge in [0.25, 0.3) is 0 Å². The van der Waals surface area contributed by atoms with Crippen molar-refractivity contribution in [2.45, 2.75) is 45.3 Å². The molecule has 1 aliphatic carbocycles. The first-order valence-electron chi connectivity index (χ1n) is 6.40. The van der Waals surface area contributed by atoms with E-state index in [0.29, 0.717) is 12.0 Å². The van der Waals surface area contributed by atoms with Gasteiger partial charge in [-0.3, -0.25) is 0 Å². The van der Waals surface area contributed by atoms with E-state index in [0.717, 1.165) is 18.4 Å². The average molecular weight is 248 g/mol. The minimum absolute atomic E-state index is 0.311. The highest BCUT2D eigenvalue weighted by Crippen LogP contribution is 2.34. The van der Waals surface area contributed by atoms with E-state index in [2.05, 4.69) is 12.7 Å². The minimum Gasteiger partial charge on any atom is -0.454 e. The first kappa shape index (κ1) is 13.1. The summed E-state index contributed by atoms with van der Waals surface area (Å²) in [6, 6.07) is 0. The summed E-state index contributed by atoms with van der Waals surface area (Å²) in [5.41, 5.74) is 2.73. The molecule has 2 aliphatic rings. The Bertz CT molecular complexity index is 431. The van der Waals surface area contributed by atoms with E-state index >= 15 is 0 Å². The van der Waals surface area contributed by atoms with Gasteiger partial charge in [0.2, 0.25) is 0 Å². The highest BCUT2D eigenvalue weighted by molar-refractivity contribution is 5.91. The van der Waals surface area contributed by atoms with E-state index < -0.39 is 6.10 Å². The van der Waals surface area contributed by atoms with Crippen molar-refractivity contribution < 1.29 is 14.6 Å². The molecule has 0 aromatic heterocycles. The molecule has 3 heteroatoms. The third-order valence-corrected chi connectivity index (χ3v) is 3.69. The third kappa shape index (κ3) is 2.56. The normalized spacial score (nSPS) is 39.2. The summed E-state index contributed by atoms with van der Waals surface area (Å²) in [6.45, 7) is 7.81. The van der Waals surface area contributed by atoms with Crippen molar-refractivity contribution in [2.75, 3.05) is 0 Å². The summed E-state index contributed by atoms with van der Waals surface area (Å²) >= 11 is 0. The predicted molar refractivity (Wildman–Crippen MR) is 69.9 cm³/mol. The SMILES string of the molecule is C=C1C(=O)O[C@@H]2/C=C(\C)CC/C=C(/C)C[C@@H](O)[C@@H]12. The lowest BCUT2D eigenvalue weighted by atomic mass is 9.86. The summed E-state index contributed by atoms with van der Waals surface area (Å²) in [6.07, 6.45) is 5.65. The van der Waals surface area contributed by atoms with Crippen molar-refractivity contribution in [3.05, 3.63) is 35.5 Å². The van der Waals surface area contributed by atoms with Crippen LogP contribution in [-0.2, 0) is 9.53 Å². The molecule has 1 N–H and O–H groups in total. The fourth-order valence-corrected chi connectivity index (χ4v) is 2.65. The molecule has 0 bridgehead atoms. The smallest absolute Gasteiger partial charge is 0.334 e. The lowest BCUT2D eigenvalue weighted by Crippen LogP contribution is -2.28. The number of allylic oxidation sites excluding steroid dienone is 2. The van der Waals surface area contributed by atoms with Gasteiger partial charge in [-0.25, -0.2) is 4.79 Å². The number of carbonyl (C=O) groups excluding carboxylic acids is 1. The van der Waals surface area contributed by atoms with Crippen molar-refractivity contribution in [2.24, 2.45) is 5.92 Å². The molecule has 1 saturated heterocycles. The number of esters is 1. The van der Waals surface area contributed by atoms with Gasteiger partial charge >= 0.3 is 5.97 Å². The Morgan fingerprint density at radius 1 is 1.39 bits per heavy atom. The van der Waals surface area contributed by atoms with Gasteiger partial charge in [0.05, 0.1) is 12.0 Å². The van der Waals surface area contributed by atoms with Crippen LogP contribution in [0.5, 0.6) is 0 Å². The second-order valence-corrected chi connectivity index (χ2v) is 5.29. The Balaban J connectivity index is 2.33. The van der Waals surface area contributed by atoms with Gasteiger partial charge in [-0.2, -0.15) is 0 Å². The number of ether oxygens (including phenoxy) is 1. The molecule has 0 unspecified atom stereocenters. The predicted octanol–water partition coefficient (Wildman–Crippen LogP) is 2.52. The topological polar surface area (TPSA) is 46.5 Å². The number of hydrogen-bond donors (Lipinski definition) is 1. The minimum atomic E-state index is -0.604. The first-order chi connectivity index (χ1) is 8.49. The molecule has 98 valence electrons. The number of rotatable bonds is 0. The van der Waals surface area contributed by atoms with Crippen molar-refractivity contribution >= 4 is 5.97 Å². The molecule has 0 amide bonds. The van der Waals surface area contributed by atoms with Crippen LogP contribution in [0.3, 0.4) is 0 Å². The van der Waals surface area contributed by atoms with Gasteiger partial charge in [0, 0.05) is 5.57 Å². The highest BCUT2D eigenvalue weighted by atomic mass is 16.6. The van der Waals surface area contributed by atoms with Gasteiger partial charge in [-0.15, -0.1) is 0 Å². The van der Waals surface area contributed by atoms with Gasteiger partial charge in [-0.1, -0.05) is 23.8 Å². The summed E-state index contributed by atoms with van der Waals surface area (Å²) in [4.78, 5) is 11.6. The maximum Gasteiger partial charge on any atom is 0.334 e. The molecule has 0 radical (unpaired) electrons. The molecular weight excluding hydrogens is 228 g/mol. The second-order valence-electron chi connectivity index (χ2n) is 5.29. The molecule has 1 aliphatic heterocycles. The Morgan fingerprint density at radius 2 is 2.11 bits per heavy atom. The Labute approximate surface area is 108 Å². The number of carbonyl (C=O) groups is 1. The van der Waals surface area contributed by atoms with Crippen molar-refractivity contribution in [1.82, 2.24) is 0 Å². The number of aliphatic hydroxyl groups excluding tert-OH is 1. The van der Waals surface area contributed by atoms with Crippen molar-refractivity contribution in [3.63, 3.8) is 0 Å². The summed E-state index contributed by atoms with van der Waals surface area (Å²) in [5.74, 6) is -0.692. The van der Waals surface area contributed by atoms with Gasteiger partial charge in [0.1, 0.15) is 6.10 Å². The van der Waals surface area contributed by atoms with E-state index in [-0.39, 0.29) is 18.0 Å². The van der Waals surface area contributed by atoms with Crippen LogP contribution >= 0.6 is 0 Å². The van der Waals surface area contributed by atoms with Crippen LogP contribution in [0.2, 0.25) is 0 Å². The summed E-state index contributed by atoms with van der Waals surface area (Å²) < 4.78 is 5.29. The second kappa shape index (κ2) is 5.11.